The fourth-order valence-corrected chi connectivity index (χ4v) is 1.83. The Balaban J connectivity index is 2.41. The van der Waals surface area contributed by atoms with E-state index in [2.05, 4.69) is 50.2 Å². The smallest absolute Gasteiger partial charge is 0.0832 e. The summed E-state index contributed by atoms with van der Waals surface area (Å²) in [5.74, 6) is 0. The average Bonchev–Trinajstić information content (AvgIpc) is 2.47. The van der Waals surface area contributed by atoms with Gasteiger partial charge in [-0.2, -0.15) is 0 Å². The van der Waals surface area contributed by atoms with E-state index < -0.39 is 0 Å². The van der Waals surface area contributed by atoms with Crippen LogP contribution in [0.4, 0.5) is 0 Å². The Hall–Kier alpha value is -0.900. The van der Waals surface area contributed by atoms with E-state index in [-0.39, 0.29) is 11.0 Å². The molecule has 0 amide bonds. The molecule has 17 heavy (non-hydrogen) atoms. The highest BCUT2D eigenvalue weighted by atomic mass is 15.4. The maximum atomic E-state index is 4.15. The topological polar surface area (TPSA) is 42.7 Å². The molecule has 0 saturated heterocycles. The van der Waals surface area contributed by atoms with Gasteiger partial charge in [0.25, 0.3) is 0 Å². The van der Waals surface area contributed by atoms with E-state index in [0.29, 0.717) is 0 Å². The van der Waals surface area contributed by atoms with Gasteiger partial charge in [-0.15, -0.1) is 5.10 Å². The molecule has 4 heteroatoms. The summed E-state index contributed by atoms with van der Waals surface area (Å²) in [5.41, 5.74) is 1.53. The van der Waals surface area contributed by atoms with E-state index in [4.69, 9.17) is 0 Å². The quantitative estimate of drug-likeness (QED) is 0.855. The number of rotatable bonds is 5. The molecule has 0 saturated carbocycles. The molecule has 0 radical (unpaired) electrons. The first-order valence-corrected chi connectivity index (χ1v) is 6.28. The Bertz CT molecular complexity index is 347. The second-order valence-electron chi connectivity index (χ2n) is 6.65. The lowest BCUT2D eigenvalue weighted by Crippen LogP contribution is -2.38. The maximum Gasteiger partial charge on any atom is 0.0832 e. The summed E-state index contributed by atoms with van der Waals surface area (Å²) in [4.78, 5) is 0. The van der Waals surface area contributed by atoms with E-state index in [9.17, 15) is 0 Å². The van der Waals surface area contributed by atoms with Crippen LogP contribution in [0.5, 0.6) is 0 Å². The van der Waals surface area contributed by atoms with Crippen LogP contribution in [-0.2, 0) is 13.5 Å². The summed E-state index contributed by atoms with van der Waals surface area (Å²) in [6.45, 7) is 12.2. The molecule has 98 valence electrons. The van der Waals surface area contributed by atoms with Crippen LogP contribution in [0.15, 0.2) is 6.20 Å². The summed E-state index contributed by atoms with van der Waals surface area (Å²) >= 11 is 0. The van der Waals surface area contributed by atoms with Crippen molar-refractivity contribution in [1.29, 1.82) is 0 Å². The zero-order valence-corrected chi connectivity index (χ0v) is 12.0. The highest BCUT2D eigenvalue weighted by Gasteiger charge is 2.21. The number of aryl methyl sites for hydroxylation is 1. The van der Waals surface area contributed by atoms with Crippen molar-refractivity contribution >= 4 is 0 Å². The SMILES string of the molecule is Cn1cc(CC(C)(C)CCNC(C)(C)C)nn1. The number of nitrogens with zero attached hydrogens (tertiary/aromatic N) is 3. The molecule has 0 atom stereocenters. The molecule has 0 fully saturated rings. The molecule has 1 aromatic rings. The van der Waals surface area contributed by atoms with Crippen molar-refractivity contribution in [2.24, 2.45) is 12.5 Å². The Labute approximate surface area is 105 Å². The van der Waals surface area contributed by atoms with Gasteiger partial charge in [0.05, 0.1) is 5.69 Å². The Morgan fingerprint density at radius 2 is 1.88 bits per heavy atom. The van der Waals surface area contributed by atoms with Gasteiger partial charge in [0, 0.05) is 18.8 Å². The van der Waals surface area contributed by atoms with E-state index >= 15 is 0 Å². The van der Waals surface area contributed by atoms with E-state index in [1.54, 1.807) is 4.68 Å². The van der Waals surface area contributed by atoms with Gasteiger partial charge in [0.15, 0.2) is 0 Å². The summed E-state index contributed by atoms with van der Waals surface area (Å²) in [5, 5.41) is 11.6. The average molecular weight is 238 g/mol. The first-order chi connectivity index (χ1) is 7.68. The molecular weight excluding hydrogens is 212 g/mol. The van der Waals surface area contributed by atoms with Crippen LogP contribution in [0.25, 0.3) is 0 Å². The number of hydrogen-bond acceptors (Lipinski definition) is 3. The lowest BCUT2D eigenvalue weighted by Gasteiger charge is -2.27. The molecule has 0 unspecified atom stereocenters. The minimum absolute atomic E-state index is 0.197. The van der Waals surface area contributed by atoms with Crippen molar-refractivity contribution in [3.05, 3.63) is 11.9 Å². The second kappa shape index (κ2) is 5.17. The van der Waals surface area contributed by atoms with Crippen LogP contribution >= 0.6 is 0 Å². The van der Waals surface area contributed by atoms with Gasteiger partial charge in [-0.25, -0.2) is 0 Å². The number of aromatic nitrogens is 3. The third-order valence-corrected chi connectivity index (χ3v) is 2.77. The molecule has 4 nitrogen and oxygen atoms in total. The van der Waals surface area contributed by atoms with Gasteiger partial charge < -0.3 is 5.32 Å². The maximum absolute atomic E-state index is 4.15. The lowest BCUT2D eigenvalue weighted by atomic mass is 9.84. The molecule has 1 heterocycles. The van der Waals surface area contributed by atoms with Gasteiger partial charge in [0.2, 0.25) is 0 Å². The van der Waals surface area contributed by atoms with Gasteiger partial charge in [-0.1, -0.05) is 19.1 Å². The summed E-state index contributed by atoms with van der Waals surface area (Å²) < 4.78 is 1.76. The van der Waals surface area contributed by atoms with Crippen LogP contribution in [0.3, 0.4) is 0 Å². The molecule has 0 aliphatic rings. The van der Waals surface area contributed by atoms with Gasteiger partial charge in [0.1, 0.15) is 0 Å². The molecule has 0 aromatic carbocycles. The second-order valence-corrected chi connectivity index (χ2v) is 6.65. The monoisotopic (exact) mass is 238 g/mol. The van der Waals surface area contributed by atoms with Gasteiger partial charge in [-0.05, 0) is 45.6 Å². The Morgan fingerprint density at radius 3 is 2.35 bits per heavy atom. The van der Waals surface area contributed by atoms with Gasteiger partial charge >= 0.3 is 0 Å². The highest BCUT2D eigenvalue weighted by molar-refractivity contribution is 4.96. The lowest BCUT2D eigenvalue weighted by molar-refractivity contribution is 0.300. The summed E-state index contributed by atoms with van der Waals surface area (Å²) in [6.07, 6.45) is 4.12. The predicted octanol–water partition coefficient (Wildman–Crippen LogP) is 2.16. The summed E-state index contributed by atoms with van der Waals surface area (Å²) in [7, 11) is 1.91. The molecule has 1 rings (SSSR count). The van der Waals surface area contributed by atoms with E-state index in [0.717, 1.165) is 25.1 Å². The van der Waals surface area contributed by atoms with Crippen molar-refractivity contribution in [1.82, 2.24) is 20.3 Å². The van der Waals surface area contributed by atoms with Crippen LogP contribution in [0, 0.1) is 5.41 Å². The van der Waals surface area contributed by atoms with Crippen molar-refractivity contribution in [2.45, 2.75) is 53.0 Å². The molecule has 0 bridgehead atoms. The van der Waals surface area contributed by atoms with Crippen molar-refractivity contribution in [3.8, 4) is 0 Å². The fraction of sp³-hybridized carbons (Fsp3) is 0.846. The summed E-state index contributed by atoms with van der Waals surface area (Å²) in [6, 6.07) is 0. The molecular formula is C13H26N4. The third kappa shape index (κ3) is 5.82. The first kappa shape index (κ1) is 14.2. The third-order valence-electron chi connectivity index (χ3n) is 2.77. The molecule has 1 aromatic heterocycles. The van der Waals surface area contributed by atoms with Crippen LogP contribution in [0.2, 0.25) is 0 Å². The van der Waals surface area contributed by atoms with Crippen LogP contribution in [-0.4, -0.2) is 27.1 Å². The Kier molecular flexibility index (Phi) is 4.31. The zero-order chi connectivity index (χ0) is 13.1. The highest BCUT2D eigenvalue weighted by Crippen LogP contribution is 2.24. The minimum atomic E-state index is 0.197. The minimum Gasteiger partial charge on any atom is -0.312 e. The molecule has 0 aliphatic carbocycles. The fourth-order valence-electron chi connectivity index (χ4n) is 1.83. The molecule has 0 spiro atoms. The van der Waals surface area contributed by atoms with Crippen LogP contribution < -0.4 is 5.32 Å². The number of hydrogen-bond donors (Lipinski definition) is 1. The zero-order valence-electron chi connectivity index (χ0n) is 12.0. The molecule has 0 aliphatic heterocycles. The standard InChI is InChI=1S/C13H26N4/c1-12(2,3)14-8-7-13(4,5)9-11-10-17(6)16-15-11/h10,14H,7-9H2,1-6H3. The number of nitrogens with one attached hydrogen (secondary N) is 1. The van der Waals surface area contributed by atoms with E-state index in [1.165, 1.54) is 0 Å². The van der Waals surface area contributed by atoms with Gasteiger partial charge in [-0.3, -0.25) is 4.68 Å². The molecule has 1 N–H and O–H groups in total. The largest absolute Gasteiger partial charge is 0.312 e. The normalized spacial score (nSPS) is 13.1. The van der Waals surface area contributed by atoms with E-state index in [1.807, 2.05) is 13.2 Å². The van der Waals surface area contributed by atoms with Crippen LogP contribution in [0.1, 0.15) is 46.7 Å². The predicted molar refractivity (Wildman–Crippen MR) is 70.9 cm³/mol. The van der Waals surface area contributed by atoms with Crippen molar-refractivity contribution < 1.29 is 0 Å². The van der Waals surface area contributed by atoms with Crippen molar-refractivity contribution in [3.63, 3.8) is 0 Å². The first-order valence-electron chi connectivity index (χ1n) is 6.28. The Morgan fingerprint density at radius 1 is 1.24 bits per heavy atom. The van der Waals surface area contributed by atoms with Crippen molar-refractivity contribution in [2.75, 3.05) is 6.54 Å².